The van der Waals surface area contributed by atoms with Crippen molar-refractivity contribution in [3.05, 3.63) is 29.8 Å². The quantitative estimate of drug-likeness (QED) is 0.853. The molecule has 0 radical (unpaired) electrons. The maximum atomic E-state index is 12.9. The second-order valence-electron chi connectivity index (χ2n) is 6.64. The van der Waals surface area contributed by atoms with Gasteiger partial charge in [-0.25, -0.2) is 0 Å². The number of methoxy groups -OCH3 is 1. The molecule has 1 atom stereocenters. The topological polar surface area (TPSA) is 49.9 Å². The van der Waals surface area contributed by atoms with E-state index in [1.807, 2.05) is 17.0 Å². The van der Waals surface area contributed by atoms with Crippen molar-refractivity contribution >= 4 is 11.8 Å². The molecule has 2 fully saturated rings. The maximum absolute atomic E-state index is 12.9. The minimum Gasteiger partial charge on any atom is -0.497 e. The van der Waals surface area contributed by atoms with Crippen molar-refractivity contribution in [2.75, 3.05) is 26.7 Å². The molecule has 5 heteroatoms. The fraction of sp³-hybridized carbons (Fsp3) is 0.579. The van der Waals surface area contributed by atoms with Gasteiger partial charge in [0.25, 0.3) is 0 Å². The third kappa shape index (κ3) is 3.71. The predicted octanol–water partition coefficient (Wildman–Crippen LogP) is 2.76. The summed E-state index contributed by atoms with van der Waals surface area (Å²) in [5, 5.41) is 0. The molecule has 1 aromatic rings. The number of amides is 2. The highest BCUT2D eigenvalue weighted by Gasteiger charge is 2.30. The van der Waals surface area contributed by atoms with Gasteiger partial charge >= 0.3 is 0 Å². The van der Waals surface area contributed by atoms with Crippen molar-refractivity contribution in [1.29, 1.82) is 0 Å². The van der Waals surface area contributed by atoms with Gasteiger partial charge in [0.05, 0.1) is 19.7 Å². The first-order valence-corrected chi connectivity index (χ1v) is 8.90. The highest BCUT2D eigenvalue weighted by atomic mass is 16.5. The fourth-order valence-corrected chi connectivity index (χ4v) is 3.70. The van der Waals surface area contributed by atoms with E-state index in [2.05, 4.69) is 12.1 Å². The molecule has 0 aliphatic carbocycles. The van der Waals surface area contributed by atoms with Crippen LogP contribution in [-0.2, 0) is 9.59 Å². The van der Waals surface area contributed by atoms with Crippen LogP contribution in [0.15, 0.2) is 24.3 Å². The Hall–Kier alpha value is -2.04. The number of carbonyl (C=O) groups excluding carboxylic acids is 2. The fourth-order valence-electron chi connectivity index (χ4n) is 3.70. The zero-order valence-corrected chi connectivity index (χ0v) is 14.4. The van der Waals surface area contributed by atoms with Gasteiger partial charge in [-0.2, -0.15) is 0 Å². The van der Waals surface area contributed by atoms with Crippen LogP contribution in [-0.4, -0.2) is 48.4 Å². The zero-order chi connectivity index (χ0) is 16.9. The highest BCUT2D eigenvalue weighted by Crippen LogP contribution is 2.31. The van der Waals surface area contributed by atoms with Crippen LogP contribution in [0.4, 0.5) is 0 Å². The summed E-state index contributed by atoms with van der Waals surface area (Å²) in [6.45, 7) is 1.72. The number of ether oxygens (including phenoxy) is 1. The molecule has 0 aromatic heterocycles. The molecule has 1 aromatic carbocycles. The molecule has 3 rings (SSSR count). The molecule has 24 heavy (non-hydrogen) atoms. The largest absolute Gasteiger partial charge is 0.497 e. The van der Waals surface area contributed by atoms with Gasteiger partial charge in [-0.15, -0.1) is 0 Å². The van der Waals surface area contributed by atoms with Crippen molar-refractivity contribution < 1.29 is 14.3 Å². The van der Waals surface area contributed by atoms with Crippen LogP contribution in [0.25, 0.3) is 0 Å². The van der Waals surface area contributed by atoms with Crippen LogP contribution in [0, 0.1) is 0 Å². The van der Waals surface area contributed by atoms with Crippen molar-refractivity contribution in [1.82, 2.24) is 9.80 Å². The summed E-state index contributed by atoms with van der Waals surface area (Å²) in [5.41, 5.74) is 1.15. The van der Waals surface area contributed by atoms with E-state index < -0.39 is 0 Å². The standard InChI is InChI=1S/C19H26N2O3/c1-24-16-10-8-15(9-11-16)17-6-3-2-4-13-21(17)19(23)14-20-12-5-7-18(20)22/h8-11,17H,2-7,12-14H2,1H3/t17-/m1/s1. The van der Waals surface area contributed by atoms with E-state index in [1.54, 1.807) is 12.0 Å². The van der Waals surface area contributed by atoms with Crippen molar-refractivity contribution in [2.24, 2.45) is 0 Å². The lowest BCUT2D eigenvalue weighted by molar-refractivity contribution is -0.140. The van der Waals surface area contributed by atoms with E-state index in [4.69, 9.17) is 4.74 Å². The number of rotatable bonds is 4. The van der Waals surface area contributed by atoms with E-state index in [1.165, 1.54) is 0 Å². The summed E-state index contributed by atoms with van der Waals surface area (Å²) in [7, 11) is 1.66. The third-order valence-electron chi connectivity index (χ3n) is 5.07. The van der Waals surface area contributed by atoms with Crippen molar-refractivity contribution in [3.63, 3.8) is 0 Å². The second kappa shape index (κ2) is 7.69. The average molecular weight is 330 g/mol. The molecule has 5 nitrogen and oxygen atoms in total. The number of hydrogen-bond acceptors (Lipinski definition) is 3. The van der Waals surface area contributed by atoms with Crippen molar-refractivity contribution in [2.45, 2.75) is 44.6 Å². The predicted molar refractivity (Wildman–Crippen MR) is 91.7 cm³/mol. The van der Waals surface area contributed by atoms with Crippen molar-refractivity contribution in [3.8, 4) is 5.75 Å². The van der Waals surface area contributed by atoms with Gasteiger partial charge in [-0.1, -0.05) is 25.0 Å². The lowest BCUT2D eigenvalue weighted by Gasteiger charge is -2.32. The van der Waals surface area contributed by atoms with Crippen LogP contribution >= 0.6 is 0 Å². The van der Waals surface area contributed by atoms with E-state index in [0.717, 1.165) is 50.0 Å². The van der Waals surface area contributed by atoms with Gasteiger partial charge in [0.1, 0.15) is 5.75 Å². The van der Waals surface area contributed by atoms with Gasteiger partial charge in [-0.05, 0) is 37.0 Å². The zero-order valence-electron chi connectivity index (χ0n) is 14.4. The molecule has 2 saturated heterocycles. The lowest BCUT2D eigenvalue weighted by atomic mass is 10.0. The first-order valence-electron chi connectivity index (χ1n) is 8.90. The summed E-state index contributed by atoms with van der Waals surface area (Å²) in [5.74, 6) is 1.01. The van der Waals surface area contributed by atoms with Gasteiger partial charge in [0.15, 0.2) is 0 Å². The molecule has 2 amide bonds. The molecule has 0 unspecified atom stereocenters. The molecule has 0 spiro atoms. The van der Waals surface area contributed by atoms with Gasteiger partial charge < -0.3 is 14.5 Å². The molecular weight excluding hydrogens is 304 g/mol. The Labute approximate surface area is 143 Å². The Kier molecular flexibility index (Phi) is 5.38. The smallest absolute Gasteiger partial charge is 0.242 e. The van der Waals surface area contributed by atoms with Crippen LogP contribution < -0.4 is 4.74 Å². The molecule has 2 aliphatic rings. The number of benzene rings is 1. The summed E-state index contributed by atoms with van der Waals surface area (Å²) in [4.78, 5) is 28.4. The van der Waals surface area contributed by atoms with Gasteiger partial charge in [-0.3, -0.25) is 9.59 Å². The molecule has 0 bridgehead atoms. The van der Waals surface area contributed by atoms with E-state index in [9.17, 15) is 9.59 Å². The van der Waals surface area contributed by atoms with Crippen LogP contribution in [0.2, 0.25) is 0 Å². The van der Waals surface area contributed by atoms with Gasteiger partial charge in [0.2, 0.25) is 11.8 Å². The summed E-state index contributed by atoms with van der Waals surface area (Å²) in [6, 6.07) is 8.11. The Bertz CT molecular complexity index is 585. The summed E-state index contributed by atoms with van der Waals surface area (Å²) in [6.07, 6.45) is 5.74. The van der Waals surface area contributed by atoms with Crippen LogP contribution in [0.3, 0.4) is 0 Å². The third-order valence-corrected chi connectivity index (χ3v) is 5.07. The van der Waals surface area contributed by atoms with E-state index >= 15 is 0 Å². The molecule has 2 aliphatic heterocycles. The Morgan fingerprint density at radius 2 is 1.92 bits per heavy atom. The monoisotopic (exact) mass is 330 g/mol. The molecule has 130 valence electrons. The van der Waals surface area contributed by atoms with Crippen LogP contribution in [0.1, 0.15) is 50.1 Å². The number of nitrogens with zero attached hydrogens (tertiary/aromatic N) is 2. The van der Waals surface area contributed by atoms with Crippen LogP contribution in [0.5, 0.6) is 5.75 Å². The minimum absolute atomic E-state index is 0.0768. The highest BCUT2D eigenvalue weighted by molar-refractivity contribution is 5.86. The molecule has 0 saturated carbocycles. The lowest BCUT2D eigenvalue weighted by Crippen LogP contribution is -2.42. The van der Waals surface area contributed by atoms with E-state index in [-0.39, 0.29) is 24.4 Å². The first kappa shape index (κ1) is 16.8. The van der Waals surface area contributed by atoms with E-state index in [0.29, 0.717) is 13.0 Å². The minimum atomic E-state index is 0.0768. The van der Waals surface area contributed by atoms with Gasteiger partial charge in [0, 0.05) is 19.5 Å². The Morgan fingerprint density at radius 1 is 1.12 bits per heavy atom. The number of carbonyl (C=O) groups is 2. The number of likely N-dealkylation sites (tertiary alicyclic amines) is 2. The number of hydrogen-bond donors (Lipinski definition) is 0. The molecular formula is C19H26N2O3. The SMILES string of the molecule is COc1ccc([C@H]2CCCCCN2C(=O)CN2CCCC2=O)cc1. The first-order chi connectivity index (χ1) is 11.7. The summed E-state index contributed by atoms with van der Waals surface area (Å²) >= 11 is 0. The maximum Gasteiger partial charge on any atom is 0.242 e. The average Bonchev–Trinajstić information content (AvgIpc) is 2.87. The molecule has 2 heterocycles. The molecule has 0 N–H and O–H groups in total. The Morgan fingerprint density at radius 3 is 2.58 bits per heavy atom. The summed E-state index contributed by atoms with van der Waals surface area (Å²) < 4.78 is 5.23. The normalized spacial score (nSPS) is 21.7. The Balaban J connectivity index is 1.76. The second-order valence-corrected chi connectivity index (χ2v) is 6.64.